The van der Waals surface area contributed by atoms with Gasteiger partial charge in [0.1, 0.15) is 0 Å². The molecule has 0 bridgehead atoms. The van der Waals surface area contributed by atoms with Crippen molar-refractivity contribution in [2.24, 2.45) is 0 Å². The Bertz CT molecular complexity index is 679. The highest BCUT2D eigenvalue weighted by atomic mass is 79.9. The molecule has 2 rings (SSSR count). The molecule has 1 atom stereocenters. The molecule has 0 radical (unpaired) electrons. The first-order valence-corrected chi connectivity index (χ1v) is 8.78. The Hall–Kier alpha value is -1.53. The SMILES string of the molecule is COc1ccc(C(C)NC(=O)CSc2ccc(Br)cc2)cc1F. The van der Waals surface area contributed by atoms with Crippen LogP contribution in [0.25, 0.3) is 0 Å². The van der Waals surface area contributed by atoms with Gasteiger partial charge in [0.2, 0.25) is 5.91 Å². The number of thioether (sulfide) groups is 1. The van der Waals surface area contributed by atoms with Gasteiger partial charge in [-0.1, -0.05) is 22.0 Å². The number of benzene rings is 2. The van der Waals surface area contributed by atoms with Crippen molar-refractivity contribution in [3.8, 4) is 5.75 Å². The summed E-state index contributed by atoms with van der Waals surface area (Å²) in [5.41, 5.74) is 0.699. The number of hydrogen-bond acceptors (Lipinski definition) is 3. The average Bonchev–Trinajstić information content (AvgIpc) is 2.54. The zero-order valence-corrected chi connectivity index (χ0v) is 15.2. The number of amides is 1. The standard InChI is InChI=1S/C17H17BrFNO2S/c1-11(12-3-8-16(22-2)15(19)9-12)20-17(21)10-23-14-6-4-13(18)5-7-14/h3-9,11H,10H2,1-2H3,(H,20,21). The average molecular weight is 398 g/mol. The molecular formula is C17H17BrFNO2S. The maximum atomic E-state index is 13.7. The van der Waals surface area contributed by atoms with Crippen molar-refractivity contribution in [3.05, 3.63) is 58.3 Å². The molecule has 0 aliphatic rings. The van der Waals surface area contributed by atoms with Crippen molar-refractivity contribution in [2.45, 2.75) is 17.9 Å². The van der Waals surface area contributed by atoms with E-state index < -0.39 is 5.82 Å². The number of methoxy groups -OCH3 is 1. The third-order valence-corrected chi connectivity index (χ3v) is 4.78. The van der Waals surface area contributed by atoms with E-state index in [2.05, 4.69) is 21.2 Å². The largest absolute Gasteiger partial charge is 0.494 e. The van der Waals surface area contributed by atoms with Gasteiger partial charge < -0.3 is 10.1 Å². The van der Waals surface area contributed by atoms with E-state index in [-0.39, 0.29) is 17.7 Å². The van der Waals surface area contributed by atoms with Crippen LogP contribution in [0.1, 0.15) is 18.5 Å². The molecule has 0 aliphatic carbocycles. The van der Waals surface area contributed by atoms with Gasteiger partial charge in [-0.25, -0.2) is 4.39 Å². The van der Waals surface area contributed by atoms with Gasteiger partial charge in [0, 0.05) is 9.37 Å². The van der Waals surface area contributed by atoms with E-state index >= 15 is 0 Å². The van der Waals surface area contributed by atoms with E-state index in [1.54, 1.807) is 12.1 Å². The summed E-state index contributed by atoms with van der Waals surface area (Å²) in [6, 6.07) is 12.2. The summed E-state index contributed by atoms with van der Waals surface area (Å²) in [7, 11) is 1.42. The van der Waals surface area contributed by atoms with Gasteiger partial charge >= 0.3 is 0 Å². The molecule has 0 saturated carbocycles. The van der Waals surface area contributed by atoms with E-state index in [0.717, 1.165) is 9.37 Å². The molecule has 0 fully saturated rings. The zero-order valence-electron chi connectivity index (χ0n) is 12.8. The van der Waals surface area contributed by atoms with Crippen LogP contribution in [0.3, 0.4) is 0 Å². The lowest BCUT2D eigenvalue weighted by Gasteiger charge is -2.15. The fourth-order valence-corrected chi connectivity index (χ4v) is 2.97. The molecule has 1 unspecified atom stereocenters. The van der Waals surface area contributed by atoms with Gasteiger partial charge in [0.25, 0.3) is 0 Å². The highest BCUT2D eigenvalue weighted by Gasteiger charge is 2.12. The normalized spacial score (nSPS) is 11.8. The molecule has 23 heavy (non-hydrogen) atoms. The molecule has 1 N–H and O–H groups in total. The van der Waals surface area contributed by atoms with Crippen LogP contribution in [0.2, 0.25) is 0 Å². The molecule has 0 heterocycles. The summed E-state index contributed by atoms with van der Waals surface area (Å²) in [6.07, 6.45) is 0. The molecule has 6 heteroatoms. The molecule has 2 aromatic carbocycles. The molecule has 122 valence electrons. The lowest BCUT2D eigenvalue weighted by Crippen LogP contribution is -2.28. The van der Waals surface area contributed by atoms with E-state index in [9.17, 15) is 9.18 Å². The maximum Gasteiger partial charge on any atom is 0.230 e. The Kier molecular flexibility index (Phi) is 6.47. The Balaban J connectivity index is 1.89. The van der Waals surface area contributed by atoms with Gasteiger partial charge in [0.05, 0.1) is 18.9 Å². The van der Waals surface area contributed by atoms with E-state index in [1.165, 1.54) is 24.9 Å². The van der Waals surface area contributed by atoms with E-state index in [4.69, 9.17) is 4.74 Å². The second kappa shape index (κ2) is 8.36. The van der Waals surface area contributed by atoms with Crippen LogP contribution >= 0.6 is 27.7 Å². The lowest BCUT2D eigenvalue weighted by atomic mass is 10.1. The summed E-state index contributed by atoms with van der Waals surface area (Å²) in [4.78, 5) is 13.0. The molecule has 0 saturated heterocycles. The zero-order chi connectivity index (χ0) is 16.8. The molecule has 0 aliphatic heterocycles. The highest BCUT2D eigenvalue weighted by Crippen LogP contribution is 2.23. The molecule has 1 amide bonds. The first kappa shape index (κ1) is 17.8. The fraction of sp³-hybridized carbons (Fsp3) is 0.235. The Morgan fingerprint density at radius 1 is 1.30 bits per heavy atom. The van der Waals surface area contributed by atoms with Crippen LogP contribution in [0.4, 0.5) is 4.39 Å². The van der Waals surface area contributed by atoms with Crippen molar-refractivity contribution in [1.29, 1.82) is 0 Å². The van der Waals surface area contributed by atoms with Gasteiger partial charge in [-0.2, -0.15) is 0 Å². The summed E-state index contributed by atoms with van der Waals surface area (Å²) in [6.45, 7) is 1.82. The van der Waals surface area contributed by atoms with Gasteiger partial charge in [0.15, 0.2) is 11.6 Å². The maximum absolute atomic E-state index is 13.7. The second-order valence-electron chi connectivity index (χ2n) is 4.93. The molecular weight excluding hydrogens is 381 g/mol. The Morgan fingerprint density at radius 3 is 2.61 bits per heavy atom. The quantitative estimate of drug-likeness (QED) is 0.725. The third-order valence-electron chi connectivity index (χ3n) is 3.24. The molecule has 3 nitrogen and oxygen atoms in total. The van der Waals surface area contributed by atoms with E-state index in [0.29, 0.717) is 11.3 Å². The number of nitrogens with one attached hydrogen (secondary N) is 1. The van der Waals surface area contributed by atoms with Crippen LogP contribution in [-0.2, 0) is 4.79 Å². The van der Waals surface area contributed by atoms with Crippen LogP contribution in [0.15, 0.2) is 51.8 Å². The smallest absolute Gasteiger partial charge is 0.230 e. The number of ether oxygens (including phenoxy) is 1. The minimum Gasteiger partial charge on any atom is -0.494 e. The minimum atomic E-state index is -0.435. The number of carbonyl (C=O) groups excluding carboxylic acids is 1. The summed E-state index contributed by atoms with van der Waals surface area (Å²) < 4.78 is 19.6. The van der Waals surface area contributed by atoms with Crippen molar-refractivity contribution < 1.29 is 13.9 Å². The molecule has 0 aromatic heterocycles. The second-order valence-corrected chi connectivity index (χ2v) is 6.89. The first-order valence-electron chi connectivity index (χ1n) is 7.00. The molecule has 0 spiro atoms. The lowest BCUT2D eigenvalue weighted by molar-refractivity contribution is -0.119. The highest BCUT2D eigenvalue weighted by molar-refractivity contribution is 9.10. The number of hydrogen-bond donors (Lipinski definition) is 1. The minimum absolute atomic E-state index is 0.0957. The predicted molar refractivity (Wildman–Crippen MR) is 94.4 cm³/mol. The van der Waals surface area contributed by atoms with Crippen molar-refractivity contribution in [1.82, 2.24) is 5.32 Å². The third kappa shape index (κ3) is 5.25. The van der Waals surface area contributed by atoms with Crippen molar-refractivity contribution in [2.75, 3.05) is 12.9 Å². The number of rotatable bonds is 6. The number of halogens is 2. The summed E-state index contributed by atoms with van der Waals surface area (Å²) in [5, 5.41) is 2.87. The van der Waals surface area contributed by atoms with Crippen molar-refractivity contribution >= 4 is 33.6 Å². The van der Waals surface area contributed by atoms with Crippen LogP contribution in [-0.4, -0.2) is 18.8 Å². The van der Waals surface area contributed by atoms with Crippen LogP contribution < -0.4 is 10.1 Å². The fourth-order valence-electron chi connectivity index (χ4n) is 2.00. The van der Waals surface area contributed by atoms with Gasteiger partial charge in [-0.15, -0.1) is 11.8 Å². The Labute approximate surface area is 147 Å². The first-order chi connectivity index (χ1) is 11.0. The van der Waals surface area contributed by atoms with Gasteiger partial charge in [-0.3, -0.25) is 4.79 Å². The predicted octanol–water partition coefficient (Wildman–Crippen LogP) is 4.57. The summed E-state index contributed by atoms with van der Waals surface area (Å²) >= 11 is 4.83. The number of carbonyl (C=O) groups is 1. The Morgan fingerprint density at radius 2 is 2.00 bits per heavy atom. The van der Waals surface area contributed by atoms with Gasteiger partial charge in [-0.05, 0) is 48.9 Å². The van der Waals surface area contributed by atoms with E-state index in [1.807, 2.05) is 31.2 Å². The van der Waals surface area contributed by atoms with Crippen LogP contribution in [0, 0.1) is 5.82 Å². The molecule has 2 aromatic rings. The van der Waals surface area contributed by atoms with Crippen molar-refractivity contribution in [3.63, 3.8) is 0 Å². The summed E-state index contributed by atoms with van der Waals surface area (Å²) in [5.74, 6) is -0.0278. The van der Waals surface area contributed by atoms with Crippen LogP contribution in [0.5, 0.6) is 5.75 Å². The monoisotopic (exact) mass is 397 g/mol. The topological polar surface area (TPSA) is 38.3 Å².